The number of nitrogens with zero attached hydrogens (tertiary/aromatic N) is 2. The Bertz CT molecular complexity index is 889. The van der Waals surface area contributed by atoms with Crippen LogP contribution in [0.4, 0.5) is 5.69 Å². The molecular weight excluding hydrogens is 350 g/mol. The molecule has 0 bridgehead atoms. The molecule has 2 aromatic carbocycles. The highest BCUT2D eigenvalue weighted by atomic mass is 16.5. The fourth-order valence-corrected chi connectivity index (χ4v) is 4.18. The number of benzene rings is 2. The average Bonchev–Trinajstić information content (AvgIpc) is 2.68. The van der Waals surface area contributed by atoms with Gasteiger partial charge in [-0.05, 0) is 74.6 Å². The van der Waals surface area contributed by atoms with Crippen LogP contribution in [0.5, 0.6) is 5.75 Å². The Labute approximate surface area is 167 Å². The van der Waals surface area contributed by atoms with Crippen molar-refractivity contribution in [3.05, 3.63) is 59.2 Å². The number of fused-ring (bicyclic) bond motifs is 1. The molecule has 0 saturated heterocycles. The summed E-state index contributed by atoms with van der Waals surface area (Å²) in [5.41, 5.74) is 6.86. The number of methoxy groups -OCH3 is 1. The van der Waals surface area contributed by atoms with Crippen LogP contribution in [0.2, 0.25) is 0 Å². The molecule has 1 aliphatic rings. The molecule has 1 amide bonds. The molecule has 5 heteroatoms. The zero-order chi connectivity index (χ0) is 20.3. The largest absolute Gasteiger partial charge is 0.497 e. The smallest absolute Gasteiger partial charge is 0.271 e. The summed E-state index contributed by atoms with van der Waals surface area (Å²) < 4.78 is 5.15. The van der Waals surface area contributed by atoms with Gasteiger partial charge in [-0.1, -0.05) is 19.1 Å². The van der Waals surface area contributed by atoms with E-state index in [0.29, 0.717) is 17.2 Å². The summed E-state index contributed by atoms with van der Waals surface area (Å²) in [6.45, 7) is 10.1. The second-order valence-corrected chi connectivity index (χ2v) is 7.91. The van der Waals surface area contributed by atoms with E-state index in [2.05, 4.69) is 61.3 Å². The molecule has 1 atom stereocenters. The van der Waals surface area contributed by atoms with Crippen molar-refractivity contribution >= 4 is 17.8 Å². The highest BCUT2D eigenvalue weighted by Crippen LogP contribution is 2.43. The van der Waals surface area contributed by atoms with Gasteiger partial charge in [-0.3, -0.25) is 4.79 Å². The predicted molar refractivity (Wildman–Crippen MR) is 115 cm³/mol. The van der Waals surface area contributed by atoms with Gasteiger partial charge in [-0.25, -0.2) is 5.43 Å². The van der Waals surface area contributed by atoms with E-state index >= 15 is 0 Å². The molecule has 0 saturated carbocycles. The maximum absolute atomic E-state index is 12.3. The summed E-state index contributed by atoms with van der Waals surface area (Å²) >= 11 is 0. The van der Waals surface area contributed by atoms with Gasteiger partial charge in [0.25, 0.3) is 5.91 Å². The number of hydrazone groups is 1. The first-order valence-electron chi connectivity index (χ1n) is 9.74. The lowest BCUT2D eigenvalue weighted by atomic mass is 9.79. The fraction of sp³-hybridized carbons (Fsp3) is 0.391. The fourth-order valence-electron chi connectivity index (χ4n) is 4.18. The molecule has 1 aliphatic heterocycles. The van der Waals surface area contributed by atoms with E-state index < -0.39 is 0 Å². The van der Waals surface area contributed by atoms with Crippen molar-refractivity contribution in [1.82, 2.24) is 5.43 Å². The summed E-state index contributed by atoms with van der Waals surface area (Å²) in [4.78, 5) is 14.7. The number of anilines is 1. The number of hydrogen-bond acceptors (Lipinski definition) is 4. The van der Waals surface area contributed by atoms with Crippen LogP contribution in [0.3, 0.4) is 0 Å². The van der Waals surface area contributed by atoms with Gasteiger partial charge >= 0.3 is 0 Å². The highest BCUT2D eigenvalue weighted by molar-refractivity contribution is 5.95. The minimum Gasteiger partial charge on any atom is -0.497 e. The number of hydrogen-bond donors (Lipinski definition) is 1. The van der Waals surface area contributed by atoms with Crippen LogP contribution < -0.4 is 15.1 Å². The van der Waals surface area contributed by atoms with Gasteiger partial charge < -0.3 is 9.64 Å². The van der Waals surface area contributed by atoms with Gasteiger partial charge in [-0.15, -0.1) is 0 Å². The molecule has 0 aliphatic carbocycles. The van der Waals surface area contributed by atoms with E-state index in [-0.39, 0.29) is 11.4 Å². The molecular formula is C23H29N3O2. The van der Waals surface area contributed by atoms with Crippen LogP contribution in [-0.2, 0) is 0 Å². The minimum atomic E-state index is -0.264. The van der Waals surface area contributed by atoms with Crippen molar-refractivity contribution < 1.29 is 9.53 Å². The van der Waals surface area contributed by atoms with Crippen molar-refractivity contribution in [3.8, 4) is 5.75 Å². The van der Waals surface area contributed by atoms with Crippen LogP contribution in [0.25, 0.3) is 0 Å². The van der Waals surface area contributed by atoms with Gasteiger partial charge in [0.2, 0.25) is 0 Å². The van der Waals surface area contributed by atoms with E-state index in [1.54, 1.807) is 37.6 Å². The highest BCUT2D eigenvalue weighted by Gasteiger charge is 2.35. The third-order valence-corrected chi connectivity index (χ3v) is 5.44. The van der Waals surface area contributed by atoms with Crippen molar-refractivity contribution in [2.24, 2.45) is 5.10 Å². The van der Waals surface area contributed by atoms with Gasteiger partial charge in [0.05, 0.1) is 13.3 Å². The first kappa shape index (κ1) is 19.9. The zero-order valence-electron chi connectivity index (χ0n) is 17.3. The van der Waals surface area contributed by atoms with E-state index in [4.69, 9.17) is 4.74 Å². The Morgan fingerprint density at radius 3 is 2.82 bits per heavy atom. The summed E-state index contributed by atoms with van der Waals surface area (Å²) in [6, 6.07) is 13.4. The van der Waals surface area contributed by atoms with Gasteiger partial charge in [0.1, 0.15) is 5.75 Å². The lowest BCUT2D eigenvalue weighted by Crippen LogP contribution is -2.48. The van der Waals surface area contributed by atoms with Gasteiger partial charge in [-0.2, -0.15) is 5.10 Å². The quantitative estimate of drug-likeness (QED) is 0.611. The van der Waals surface area contributed by atoms with Crippen LogP contribution in [0.15, 0.2) is 47.6 Å². The third kappa shape index (κ3) is 4.03. The number of amides is 1. The van der Waals surface area contributed by atoms with Gasteiger partial charge in [0.15, 0.2) is 0 Å². The first-order valence-corrected chi connectivity index (χ1v) is 9.74. The summed E-state index contributed by atoms with van der Waals surface area (Å²) in [6.07, 6.45) is 2.81. The lowest BCUT2D eigenvalue weighted by Gasteiger charge is -2.47. The molecule has 0 fully saturated rings. The monoisotopic (exact) mass is 379 g/mol. The number of ether oxygens (including phenoxy) is 1. The molecule has 5 nitrogen and oxygen atoms in total. The Kier molecular flexibility index (Phi) is 5.73. The normalized spacial score (nSPS) is 18.0. The summed E-state index contributed by atoms with van der Waals surface area (Å²) in [5.74, 6) is 0.858. The maximum atomic E-state index is 12.3. The zero-order valence-corrected chi connectivity index (χ0v) is 17.3. The second-order valence-electron chi connectivity index (χ2n) is 7.91. The molecule has 0 radical (unpaired) electrons. The molecule has 0 spiro atoms. The van der Waals surface area contributed by atoms with Crippen LogP contribution in [0.1, 0.15) is 61.5 Å². The molecule has 3 rings (SSSR count). The molecule has 2 aromatic rings. The first-order chi connectivity index (χ1) is 13.4. The molecule has 28 heavy (non-hydrogen) atoms. The average molecular weight is 380 g/mol. The van der Waals surface area contributed by atoms with E-state index in [0.717, 1.165) is 18.5 Å². The molecule has 0 unspecified atom stereocenters. The minimum absolute atomic E-state index is 0.154. The van der Waals surface area contributed by atoms with E-state index in [9.17, 15) is 4.79 Å². The third-order valence-electron chi connectivity index (χ3n) is 5.44. The SMILES string of the molecule is CCN1c2ccc(/C=N\NC(=O)c3cccc(OC)c3)cc2[C@@H](C)CC1(C)C. The topological polar surface area (TPSA) is 53.9 Å². The number of carbonyl (C=O) groups excluding carboxylic acids is 1. The molecule has 1 N–H and O–H groups in total. The van der Waals surface area contributed by atoms with Crippen molar-refractivity contribution in [1.29, 1.82) is 0 Å². The number of rotatable bonds is 5. The number of carbonyl (C=O) groups is 1. The Hall–Kier alpha value is -2.82. The maximum Gasteiger partial charge on any atom is 0.271 e. The lowest BCUT2D eigenvalue weighted by molar-refractivity contribution is 0.0955. The van der Waals surface area contributed by atoms with Gasteiger partial charge in [0, 0.05) is 23.3 Å². The van der Waals surface area contributed by atoms with Crippen LogP contribution in [0, 0.1) is 0 Å². The van der Waals surface area contributed by atoms with Crippen molar-refractivity contribution in [3.63, 3.8) is 0 Å². The molecule has 1 heterocycles. The van der Waals surface area contributed by atoms with E-state index in [1.807, 2.05) is 0 Å². The Morgan fingerprint density at radius 2 is 2.11 bits per heavy atom. The van der Waals surface area contributed by atoms with Crippen LogP contribution >= 0.6 is 0 Å². The Morgan fingerprint density at radius 1 is 1.32 bits per heavy atom. The van der Waals surface area contributed by atoms with Crippen LogP contribution in [-0.4, -0.2) is 31.3 Å². The number of nitrogens with one attached hydrogen (secondary N) is 1. The molecule has 148 valence electrons. The summed E-state index contributed by atoms with van der Waals surface area (Å²) in [7, 11) is 1.58. The second kappa shape index (κ2) is 8.05. The van der Waals surface area contributed by atoms with Crippen molar-refractivity contribution in [2.75, 3.05) is 18.6 Å². The predicted octanol–water partition coefficient (Wildman–Crippen LogP) is 4.57. The Balaban J connectivity index is 1.75. The standard InChI is InChI=1S/C23H29N3O2/c1-6-26-21-11-10-17(12-20(21)16(2)14-23(26,3)4)15-24-25-22(27)18-8-7-9-19(13-18)28-5/h7-13,15-16H,6,14H2,1-5H3,(H,25,27)/b24-15-/t16-/m0/s1. The summed E-state index contributed by atoms with van der Waals surface area (Å²) in [5, 5.41) is 4.14. The van der Waals surface area contributed by atoms with Crippen molar-refractivity contribution in [2.45, 2.75) is 45.6 Å². The van der Waals surface area contributed by atoms with E-state index in [1.165, 1.54) is 11.3 Å². The molecule has 0 aromatic heterocycles.